The molecule has 6 nitrogen and oxygen atoms in total. The molecule has 0 saturated heterocycles. The molecule has 0 spiro atoms. The number of nitrogens with zero attached hydrogens (tertiary/aromatic N) is 1. The number of hydrogen-bond acceptors (Lipinski definition) is 6. The molecule has 0 N–H and O–H groups in total. The highest BCUT2D eigenvalue weighted by Gasteiger charge is 2.18. The van der Waals surface area contributed by atoms with Gasteiger partial charge in [0.25, 0.3) is 0 Å². The molecular formula is C22H19NO5. The molecule has 0 atom stereocenters. The summed E-state index contributed by atoms with van der Waals surface area (Å²) in [5, 5.41) is 5.07. The summed E-state index contributed by atoms with van der Waals surface area (Å²) in [6.45, 7) is 1.27. The molecule has 3 rings (SSSR count). The Labute approximate surface area is 162 Å². The van der Waals surface area contributed by atoms with Gasteiger partial charge in [0, 0.05) is 28.8 Å². The number of oxime groups is 1. The lowest BCUT2D eigenvalue weighted by Crippen LogP contribution is -2.04. The van der Waals surface area contributed by atoms with Crippen LogP contribution in [0.4, 0.5) is 0 Å². The van der Waals surface area contributed by atoms with E-state index in [1.807, 2.05) is 18.2 Å². The minimum atomic E-state index is -0.497. The van der Waals surface area contributed by atoms with Crippen molar-refractivity contribution in [3.8, 4) is 11.5 Å². The van der Waals surface area contributed by atoms with Crippen molar-refractivity contribution in [2.45, 2.75) is 6.92 Å². The topological polar surface area (TPSA) is 74.2 Å². The van der Waals surface area contributed by atoms with Crippen molar-refractivity contribution in [1.29, 1.82) is 0 Å². The van der Waals surface area contributed by atoms with Crippen molar-refractivity contribution in [1.82, 2.24) is 0 Å². The standard InChI is InChI=1S/C22H19NO5/c1-14(24)28-23-13-15-7-9-16(10-8-15)22(25)18-11-12-19(26-2)17-5-4-6-20(27-3)21(17)18/h4-13H,1-3H3/b23-13+. The first kappa shape index (κ1) is 19.1. The van der Waals surface area contributed by atoms with Crippen LogP contribution in [0.1, 0.15) is 28.4 Å². The molecule has 28 heavy (non-hydrogen) atoms. The van der Waals surface area contributed by atoms with E-state index in [2.05, 4.69) is 9.99 Å². The summed E-state index contributed by atoms with van der Waals surface area (Å²) in [7, 11) is 3.16. The van der Waals surface area contributed by atoms with Crippen LogP contribution in [0.3, 0.4) is 0 Å². The molecule has 0 unspecified atom stereocenters. The van der Waals surface area contributed by atoms with Gasteiger partial charge in [-0.2, -0.15) is 0 Å². The first-order valence-electron chi connectivity index (χ1n) is 8.54. The van der Waals surface area contributed by atoms with Crippen LogP contribution in [0.25, 0.3) is 10.8 Å². The molecule has 0 aliphatic carbocycles. The molecular weight excluding hydrogens is 358 g/mol. The van der Waals surface area contributed by atoms with Gasteiger partial charge in [0.1, 0.15) is 11.5 Å². The lowest BCUT2D eigenvalue weighted by atomic mass is 9.95. The fourth-order valence-electron chi connectivity index (χ4n) is 2.92. The number of carbonyl (C=O) groups is 2. The zero-order chi connectivity index (χ0) is 20.1. The lowest BCUT2D eigenvalue weighted by molar-refractivity contribution is -0.140. The highest BCUT2D eigenvalue weighted by molar-refractivity contribution is 6.18. The van der Waals surface area contributed by atoms with Crippen LogP contribution in [0.2, 0.25) is 0 Å². The average Bonchev–Trinajstić information content (AvgIpc) is 2.72. The number of rotatable bonds is 6. The largest absolute Gasteiger partial charge is 0.496 e. The summed E-state index contributed by atoms with van der Waals surface area (Å²) < 4.78 is 10.9. The maximum Gasteiger partial charge on any atom is 0.331 e. The van der Waals surface area contributed by atoms with E-state index in [-0.39, 0.29) is 5.78 Å². The Bertz CT molecular complexity index is 1050. The van der Waals surface area contributed by atoms with Crippen LogP contribution < -0.4 is 9.47 Å². The van der Waals surface area contributed by atoms with Gasteiger partial charge in [-0.3, -0.25) is 4.79 Å². The fraction of sp³-hybridized carbons (Fsp3) is 0.136. The van der Waals surface area contributed by atoms with Crippen LogP contribution in [-0.4, -0.2) is 32.2 Å². The minimum absolute atomic E-state index is 0.138. The molecule has 0 bridgehead atoms. The van der Waals surface area contributed by atoms with Gasteiger partial charge in [0.15, 0.2) is 5.78 Å². The SMILES string of the molecule is COc1ccc(C(=O)c2ccc(/C=N/OC(C)=O)cc2)c2c(OC)cccc12. The van der Waals surface area contributed by atoms with E-state index in [0.717, 1.165) is 5.39 Å². The Morgan fingerprint density at radius 1 is 0.893 bits per heavy atom. The predicted molar refractivity (Wildman–Crippen MR) is 106 cm³/mol. The molecule has 0 heterocycles. The van der Waals surface area contributed by atoms with E-state index >= 15 is 0 Å². The molecule has 3 aromatic rings. The van der Waals surface area contributed by atoms with Crippen molar-refractivity contribution in [2.24, 2.45) is 5.16 Å². The van der Waals surface area contributed by atoms with E-state index in [1.165, 1.54) is 13.1 Å². The lowest BCUT2D eigenvalue weighted by Gasteiger charge is -2.13. The van der Waals surface area contributed by atoms with Gasteiger partial charge in [-0.15, -0.1) is 0 Å². The second-order valence-corrected chi connectivity index (χ2v) is 5.97. The van der Waals surface area contributed by atoms with E-state index in [1.54, 1.807) is 50.6 Å². The molecule has 0 saturated carbocycles. The molecule has 0 radical (unpaired) electrons. The van der Waals surface area contributed by atoms with Crippen LogP contribution in [0.5, 0.6) is 11.5 Å². The summed E-state index contributed by atoms with van der Waals surface area (Å²) >= 11 is 0. The predicted octanol–water partition coefficient (Wildman–Crippen LogP) is 3.99. The van der Waals surface area contributed by atoms with Gasteiger partial charge in [0.05, 0.1) is 20.4 Å². The summed E-state index contributed by atoms with van der Waals surface area (Å²) in [4.78, 5) is 28.4. The minimum Gasteiger partial charge on any atom is -0.496 e. The first-order chi connectivity index (χ1) is 13.5. The molecule has 0 amide bonds. The molecule has 142 valence electrons. The van der Waals surface area contributed by atoms with Crippen LogP contribution >= 0.6 is 0 Å². The van der Waals surface area contributed by atoms with Gasteiger partial charge < -0.3 is 14.3 Å². The third-order valence-corrected chi connectivity index (χ3v) is 4.20. The Morgan fingerprint density at radius 2 is 1.61 bits per heavy atom. The third kappa shape index (κ3) is 3.86. The second-order valence-electron chi connectivity index (χ2n) is 5.97. The van der Waals surface area contributed by atoms with Gasteiger partial charge in [-0.25, -0.2) is 4.79 Å². The average molecular weight is 377 g/mol. The van der Waals surface area contributed by atoms with E-state index in [9.17, 15) is 9.59 Å². The zero-order valence-electron chi connectivity index (χ0n) is 15.8. The Balaban J connectivity index is 2.00. The van der Waals surface area contributed by atoms with E-state index < -0.39 is 5.97 Å². The number of fused-ring (bicyclic) bond motifs is 1. The number of ether oxygens (including phenoxy) is 2. The van der Waals surface area contributed by atoms with Gasteiger partial charge >= 0.3 is 5.97 Å². The maximum absolute atomic E-state index is 13.1. The van der Waals surface area contributed by atoms with Crippen LogP contribution in [-0.2, 0) is 9.63 Å². The normalized spacial score (nSPS) is 10.8. The molecule has 6 heteroatoms. The Kier molecular flexibility index (Phi) is 5.69. The summed E-state index contributed by atoms with van der Waals surface area (Å²) in [5.74, 6) is 0.636. The summed E-state index contributed by atoms with van der Waals surface area (Å²) in [5.41, 5.74) is 1.74. The van der Waals surface area contributed by atoms with E-state index in [4.69, 9.17) is 9.47 Å². The molecule has 0 aromatic heterocycles. The Hall–Kier alpha value is -3.67. The van der Waals surface area contributed by atoms with Crippen molar-refractivity contribution >= 4 is 28.7 Å². The van der Waals surface area contributed by atoms with Crippen LogP contribution in [0, 0.1) is 0 Å². The quantitative estimate of drug-likeness (QED) is 0.281. The first-order valence-corrected chi connectivity index (χ1v) is 8.54. The van der Waals surface area contributed by atoms with E-state index in [0.29, 0.717) is 33.6 Å². The zero-order valence-corrected chi connectivity index (χ0v) is 15.8. The number of hydrogen-bond donors (Lipinski definition) is 0. The Morgan fingerprint density at radius 3 is 2.25 bits per heavy atom. The molecule has 0 aliphatic rings. The number of carbonyl (C=O) groups excluding carboxylic acids is 2. The molecule has 0 aliphatic heterocycles. The van der Waals surface area contributed by atoms with Crippen molar-refractivity contribution in [2.75, 3.05) is 14.2 Å². The molecule has 0 fully saturated rings. The number of ketones is 1. The van der Waals surface area contributed by atoms with Gasteiger partial charge in [-0.05, 0) is 23.8 Å². The van der Waals surface area contributed by atoms with Crippen molar-refractivity contribution in [3.05, 3.63) is 71.3 Å². The number of methoxy groups -OCH3 is 2. The van der Waals surface area contributed by atoms with Gasteiger partial charge in [-0.1, -0.05) is 41.6 Å². The highest BCUT2D eigenvalue weighted by atomic mass is 16.7. The van der Waals surface area contributed by atoms with Crippen LogP contribution in [0.15, 0.2) is 59.8 Å². The second kappa shape index (κ2) is 8.35. The smallest absolute Gasteiger partial charge is 0.331 e. The van der Waals surface area contributed by atoms with Crippen molar-refractivity contribution < 1.29 is 23.9 Å². The third-order valence-electron chi connectivity index (χ3n) is 4.20. The summed E-state index contributed by atoms with van der Waals surface area (Å²) in [6, 6.07) is 15.9. The van der Waals surface area contributed by atoms with Crippen molar-refractivity contribution in [3.63, 3.8) is 0 Å². The number of benzene rings is 3. The highest BCUT2D eigenvalue weighted by Crippen LogP contribution is 2.35. The summed E-state index contributed by atoms with van der Waals surface area (Å²) in [6.07, 6.45) is 1.40. The monoisotopic (exact) mass is 377 g/mol. The van der Waals surface area contributed by atoms with Gasteiger partial charge in [0.2, 0.25) is 0 Å². The maximum atomic E-state index is 13.1. The fourth-order valence-corrected chi connectivity index (χ4v) is 2.92. The molecule has 3 aromatic carbocycles.